The lowest BCUT2D eigenvalue weighted by Gasteiger charge is -2.31. The van der Waals surface area contributed by atoms with Gasteiger partial charge < -0.3 is 19.5 Å². The molecule has 7 nitrogen and oxygen atoms in total. The Morgan fingerprint density at radius 3 is 2.56 bits per heavy atom. The zero-order chi connectivity index (χ0) is 18.6. The van der Waals surface area contributed by atoms with Crippen molar-refractivity contribution in [2.24, 2.45) is 0 Å². The van der Waals surface area contributed by atoms with Crippen molar-refractivity contribution in [2.75, 3.05) is 6.61 Å². The van der Waals surface area contributed by atoms with E-state index in [-0.39, 0.29) is 30.7 Å². The fourth-order valence-corrected chi connectivity index (χ4v) is 3.28. The van der Waals surface area contributed by atoms with Crippen LogP contribution in [-0.2, 0) is 4.79 Å². The Morgan fingerprint density at radius 1 is 1.11 bits per heavy atom. The lowest BCUT2D eigenvalue weighted by atomic mass is 9.93. The van der Waals surface area contributed by atoms with Gasteiger partial charge in [-0.2, -0.15) is 0 Å². The highest BCUT2D eigenvalue weighted by Crippen LogP contribution is 2.31. The van der Waals surface area contributed by atoms with Gasteiger partial charge in [0, 0.05) is 6.04 Å². The summed E-state index contributed by atoms with van der Waals surface area (Å²) in [5.41, 5.74) is 0. The van der Waals surface area contributed by atoms with Crippen molar-refractivity contribution in [3.05, 3.63) is 42.5 Å². The van der Waals surface area contributed by atoms with Gasteiger partial charge in [-0.05, 0) is 37.8 Å². The van der Waals surface area contributed by atoms with Crippen LogP contribution in [0.25, 0.3) is 0 Å². The molecule has 2 heterocycles. The van der Waals surface area contributed by atoms with Gasteiger partial charge in [0.2, 0.25) is 6.10 Å². The van der Waals surface area contributed by atoms with Crippen molar-refractivity contribution in [3.63, 3.8) is 0 Å². The first-order valence-electron chi connectivity index (χ1n) is 9.00. The van der Waals surface area contributed by atoms with Crippen LogP contribution in [0.15, 0.2) is 36.7 Å². The van der Waals surface area contributed by atoms with E-state index in [1.807, 2.05) is 18.2 Å². The largest absolute Gasteiger partial charge is 0.485 e. The molecule has 1 aliphatic heterocycles. The van der Waals surface area contributed by atoms with Crippen molar-refractivity contribution in [3.8, 4) is 17.5 Å². The number of ether oxygens (including phenoxy) is 3. The number of benzene rings is 1. The number of nitrogens with one attached hydrogen (secondary N) is 1. The fraction of sp³-hybridized carbons (Fsp3) is 0.421. The molecule has 1 saturated carbocycles. The van der Waals surface area contributed by atoms with Gasteiger partial charge in [0.15, 0.2) is 17.3 Å². The van der Waals surface area contributed by atoms with Crippen LogP contribution >= 0.6 is 0 Å². The monoisotopic (exact) mass is 373 g/mol. The number of halogens is 1. The first kappa shape index (κ1) is 17.5. The molecule has 0 radical (unpaired) electrons. The second kappa shape index (κ2) is 7.77. The Balaban J connectivity index is 1.24. The molecule has 1 fully saturated rings. The molecule has 1 aliphatic carbocycles. The second-order valence-corrected chi connectivity index (χ2v) is 6.65. The minimum absolute atomic E-state index is 0.0373. The maximum Gasteiger partial charge on any atom is 0.316 e. The molecule has 0 bridgehead atoms. The minimum Gasteiger partial charge on any atom is -0.485 e. The Morgan fingerprint density at radius 2 is 1.81 bits per heavy atom. The third kappa shape index (κ3) is 4.27. The number of aromatic nitrogens is 2. The number of hydrogen-bond donors (Lipinski definition) is 1. The molecule has 1 aromatic heterocycles. The van der Waals surface area contributed by atoms with Crippen LogP contribution < -0.4 is 19.5 Å². The second-order valence-electron chi connectivity index (χ2n) is 6.65. The quantitative estimate of drug-likeness (QED) is 0.885. The van der Waals surface area contributed by atoms with E-state index in [2.05, 4.69) is 15.3 Å². The van der Waals surface area contributed by atoms with E-state index in [0.29, 0.717) is 11.5 Å². The molecule has 4 rings (SSSR count). The molecular weight excluding hydrogens is 353 g/mol. The molecule has 0 spiro atoms. The lowest BCUT2D eigenvalue weighted by molar-refractivity contribution is -0.131. The predicted molar refractivity (Wildman–Crippen MR) is 93.2 cm³/mol. The van der Waals surface area contributed by atoms with Crippen molar-refractivity contribution in [2.45, 2.75) is 43.9 Å². The van der Waals surface area contributed by atoms with Gasteiger partial charge >= 0.3 is 6.01 Å². The first-order valence-corrected chi connectivity index (χ1v) is 9.00. The van der Waals surface area contributed by atoms with E-state index in [0.717, 1.165) is 38.1 Å². The van der Waals surface area contributed by atoms with Crippen molar-refractivity contribution < 1.29 is 23.4 Å². The molecule has 1 amide bonds. The topological polar surface area (TPSA) is 82.6 Å². The van der Waals surface area contributed by atoms with Gasteiger partial charge in [-0.1, -0.05) is 12.1 Å². The standard InChI is InChI=1S/C19H20FN3O4/c20-12-9-21-19(22-10-12)26-14-7-5-13(6-8-14)23-18(24)17-11-25-15-3-1-2-4-16(15)27-17/h1-4,9-10,13-14,17H,5-8,11H2,(H,23,24). The number of carbonyl (C=O) groups excluding carboxylic acids is 1. The highest BCUT2D eigenvalue weighted by Gasteiger charge is 2.30. The maximum atomic E-state index is 12.8. The Bertz CT molecular complexity index is 794. The average Bonchev–Trinajstić information content (AvgIpc) is 2.71. The van der Waals surface area contributed by atoms with E-state index >= 15 is 0 Å². The number of carbonyl (C=O) groups is 1. The van der Waals surface area contributed by atoms with E-state index in [9.17, 15) is 9.18 Å². The Labute approximate surface area is 155 Å². The van der Waals surface area contributed by atoms with Crippen molar-refractivity contribution in [1.82, 2.24) is 15.3 Å². The average molecular weight is 373 g/mol. The van der Waals surface area contributed by atoms with Gasteiger partial charge in [0.1, 0.15) is 12.7 Å². The Kier molecular flexibility index (Phi) is 5.04. The summed E-state index contributed by atoms with van der Waals surface area (Å²) in [5.74, 6) is 0.573. The van der Waals surface area contributed by atoms with Gasteiger partial charge in [0.05, 0.1) is 12.4 Å². The third-order valence-electron chi connectivity index (χ3n) is 4.69. The summed E-state index contributed by atoms with van der Waals surface area (Å²) in [6.45, 7) is 0.198. The van der Waals surface area contributed by atoms with Gasteiger partial charge in [-0.25, -0.2) is 14.4 Å². The van der Waals surface area contributed by atoms with Crippen LogP contribution in [0.3, 0.4) is 0 Å². The van der Waals surface area contributed by atoms with Crippen molar-refractivity contribution >= 4 is 5.91 Å². The summed E-state index contributed by atoms with van der Waals surface area (Å²) in [6, 6.07) is 7.54. The summed E-state index contributed by atoms with van der Waals surface area (Å²) in [4.78, 5) is 20.1. The predicted octanol–water partition coefficient (Wildman–Crippen LogP) is 2.26. The molecule has 142 valence electrons. The molecule has 1 aromatic carbocycles. The van der Waals surface area contributed by atoms with E-state index in [4.69, 9.17) is 14.2 Å². The van der Waals surface area contributed by atoms with Gasteiger partial charge in [0.25, 0.3) is 5.91 Å². The summed E-state index contributed by atoms with van der Waals surface area (Å²) >= 11 is 0. The van der Waals surface area contributed by atoms with Gasteiger partial charge in [-0.15, -0.1) is 0 Å². The van der Waals surface area contributed by atoms with E-state index < -0.39 is 11.9 Å². The summed E-state index contributed by atoms with van der Waals surface area (Å²) in [5, 5.41) is 3.03. The number of para-hydroxylation sites is 2. The van der Waals surface area contributed by atoms with E-state index in [1.165, 1.54) is 0 Å². The zero-order valence-corrected chi connectivity index (χ0v) is 14.6. The maximum absolute atomic E-state index is 12.8. The normalized spacial score (nSPS) is 24.1. The van der Waals surface area contributed by atoms with Crippen LogP contribution in [0, 0.1) is 5.82 Å². The Hall–Kier alpha value is -2.90. The summed E-state index contributed by atoms with van der Waals surface area (Å²) in [7, 11) is 0. The summed E-state index contributed by atoms with van der Waals surface area (Å²) < 4.78 is 29.8. The van der Waals surface area contributed by atoms with Crippen LogP contribution in [-0.4, -0.2) is 40.7 Å². The molecule has 8 heteroatoms. The molecule has 27 heavy (non-hydrogen) atoms. The highest BCUT2D eigenvalue weighted by atomic mass is 19.1. The number of amides is 1. The molecular formula is C19H20FN3O4. The van der Waals surface area contributed by atoms with Gasteiger partial charge in [-0.3, -0.25) is 4.79 Å². The number of hydrogen-bond acceptors (Lipinski definition) is 6. The third-order valence-corrected chi connectivity index (χ3v) is 4.69. The fourth-order valence-electron chi connectivity index (χ4n) is 3.28. The minimum atomic E-state index is -0.651. The first-order chi connectivity index (χ1) is 13.2. The van der Waals surface area contributed by atoms with Crippen LogP contribution in [0.1, 0.15) is 25.7 Å². The molecule has 2 aliphatic rings. The number of fused-ring (bicyclic) bond motifs is 1. The lowest BCUT2D eigenvalue weighted by Crippen LogP contribution is -2.49. The molecule has 0 saturated heterocycles. The molecule has 1 atom stereocenters. The van der Waals surface area contributed by atoms with E-state index in [1.54, 1.807) is 6.07 Å². The SMILES string of the molecule is O=C(NC1CCC(Oc2ncc(F)cn2)CC1)C1COc2ccccc2O1. The highest BCUT2D eigenvalue weighted by molar-refractivity contribution is 5.82. The zero-order valence-electron chi connectivity index (χ0n) is 14.6. The van der Waals surface area contributed by atoms with Crippen LogP contribution in [0.2, 0.25) is 0 Å². The summed E-state index contributed by atoms with van der Waals surface area (Å²) in [6.07, 6.45) is 4.56. The number of rotatable bonds is 4. The van der Waals surface area contributed by atoms with Crippen LogP contribution in [0.4, 0.5) is 4.39 Å². The van der Waals surface area contributed by atoms with Crippen LogP contribution in [0.5, 0.6) is 17.5 Å². The molecule has 2 aromatic rings. The van der Waals surface area contributed by atoms with Crippen molar-refractivity contribution in [1.29, 1.82) is 0 Å². The smallest absolute Gasteiger partial charge is 0.316 e. The molecule has 1 unspecified atom stereocenters. The number of nitrogens with zero attached hydrogens (tertiary/aromatic N) is 2. The molecule has 1 N–H and O–H groups in total.